The van der Waals surface area contributed by atoms with E-state index in [2.05, 4.69) is 28.7 Å². The summed E-state index contributed by atoms with van der Waals surface area (Å²) in [7, 11) is 0. The largest absolute Gasteiger partial charge is 0.455 e. The molecule has 0 radical (unpaired) electrons. The van der Waals surface area contributed by atoms with E-state index in [9.17, 15) is 0 Å². The molecule has 16 heavy (non-hydrogen) atoms. The van der Waals surface area contributed by atoms with Crippen LogP contribution in [0.3, 0.4) is 0 Å². The predicted molar refractivity (Wildman–Crippen MR) is 70.4 cm³/mol. The van der Waals surface area contributed by atoms with Crippen LogP contribution in [0.4, 0.5) is 0 Å². The lowest BCUT2D eigenvalue weighted by Crippen LogP contribution is -1.89. The lowest BCUT2D eigenvalue weighted by atomic mass is 10.2. The maximum absolute atomic E-state index is 8.93. The molecule has 0 N–H and O–H groups in total. The molecule has 0 atom stereocenters. The first kappa shape index (κ1) is 11.0. The minimum absolute atomic E-state index is 0.544. The molecule has 0 spiro atoms. The Hall–Kier alpha value is -1.54. The quantitative estimate of drug-likeness (QED) is 0.785. The van der Waals surface area contributed by atoms with Crippen molar-refractivity contribution in [3.63, 3.8) is 0 Å². The zero-order chi connectivity index (χ0) is 11.4. The summed E-state index contributed by atoms with van der Waals surface area (Å²) in [5.74, 6) is 1.36. The van der Waals surface area contributed by atoms with Gasteiger partial charge < -0.3 is 4.74 Å². The second kappa shape index (κ2) is 4.99. The van der Waals surface area contributed by atoms with Crippen molar-refractivity contribution in [1.29, 1.82) is 5.26 Å². The molecule has 78 valence electrons. The molecule has 0 heterocycles. The van der Waals surface area contributed by atoms with E-state index in [1.165, 1.54) is 0 Å². The predicted octanol–water partition coefficient (Wildman–Crippen LogP) is 3.96. The van der Waals surface area contributed by atoms with Crippen LogP contribution in [0, 0.1) is 14.9 Å². The van der Waals surface area contributed by atoms with Crippen LogP contribution in [0.2, 0.25) is 0 Å². The number of hydrogen-bond donors (Lipinski definition) is 0. The Balaban J connectivity index is 2.35. The first-order valence-electron chi connectivity index (χ1n) is 4.73. The lowest BCUT2D eigenvalue weighted by molar-refractivity contribution is 0.477. The third-order valence-electron chi connectivity index (χ3n) is 2.06. The number of ether oxygens (including phenoxy) is 1. The van der Waals surface area contributed by atoms with Gasteiger partial charge in [0.25, 0.3) is 0 Å². The van der Waals surface area contributed by atoms with Crippen molar-refractivity contribution in [1.82, 2.24) is 0 Å². The highest BCUT2D eigenvalue weighted by molar-refractivity contribution is 14.1. The highest BCUT2D eigenvalue weighted by Gasteiger charge is 2.05. The summed E-state index contributed by atoms with van der Waals surface area (Å²) in [5.41, 5.74) is 0.544. The van der Waals surface area contributed by atoms with E-state index in [0.717, 1.165) is 9.32 Å². The summed E-state index contributed by atoms with van der Waals surface area (Å²) in [6, 6.07) is 17.0. The van der Waals surface area contributed by atoms with Crippen LogP contribution >= 0.6 is 22.6 Å². The maximum atomic E-state index is 8.93. The van der Waals surface area contributed by atoms with Gasteiger partial charge in [-0.3, -0.25) is 0 Å². The molecule has 0 saturated heterocycles. The summed E-state index contributed by atoms with van der Waals surface area (Å²) in [6.45, 7) is 0. The Morgan fingerprint density at radius 2 is 1.56 bits per heavy atom. The number of halogens is 1. The highest BCUT2D eigenvalue weighted by Crippen LogP contribution is 2.28. The number of nitriles is 1. The van der Waals surface area contributed by atoms with Crippen molar-refractivity contribution in [2.75, 3.05) is 0 Å². The molecule has 0 amide bonds. The molecule has 0 unspecified atom stereocenters. The fourth-order valence-electron chi connectivity index (χ4n) is 1.29. The first-order chi connectivity index (χ1) is 7.81. The third kappa shape index (κ3) is 2.34. The Morgan fingerprint density at radius 1 is 0.938 bits per heavy atom. The van der Waals surface area contributed by atoms with Crippen molar-refractivity contribution in [2.24, 2.45) is 0 Å². The van der Waals surface area contributed by atoms with Crippen LogP contribution in [0.15, 0.2) is 48.5 Å². The molecule has 2 aromatic carbocycles. The van der Waals surface area contributed by atoms with Gasteiger partial charge in [0.05, 0.1) is 9.13 Å². The zero-order valence-corrected chi connectivity index (χ0v) is 10.5. The molecule has 3 heteroatoms. The summed E-state index contributed by atoms with van der Waals surface area (Å²) >= 11 is 2.20. The summed E-state index contributed by atoms with van der Waals surface area (Å²) < 4.78 is 6.72. The van der Waals surface area contributed by atoms with E-state index in [1.807, 2.05) is 36.4 Å². The number of nitrogens with zero attached hydrogens (tertiary/aromatic N) is 1. The average Bonchev–Trinajstić information content (AvgIpc) is 2.33. The second-order valence-electron chi connectivity index (χ2n) is 3.14. The van der Waals surface area contributed by atoms with E-state index >= 15 is 0 Å². The van der Waals surface area contributed by atoms with E-state index < -0.39 is 0 Å². The normalized spacial score (nSPS) is 9.50. The summed E-state index contributed by atoms with van der Waals surface area (Å²) in [6.07, 6.45) is 0. The topological polar surface area (TPSA) is 33.0 Å². The molecule has 0 aliphatic rings. The molecular weight excluding hydrogens is 313 g/mol. The van der Waals surface area contributed by atoms with Gasteiger partial charge in [0.2, 0.25) is 0 Å². The smallest absolute Gasteiger partial charge is 0.145 e. The number of hydrogen-bond acceptors (Lipinski definition) is 2. The molecule has 0 bridgehead atoms. The van der Waals surface area contributed by atoms with E-state index in [4.69, 9.17) is 10.00 Å². The van der Waals surface area contributed by atoms with Gasteiger partial charge in [0, 0.05) is 0 Å². The van der Waals surface area contributed by atoms with E-state index in [-0.39, 0.29) is 0 Å². The minimum atomic E-state index is 0.544. The second-order valence-corrected chi connectivity index (χ2v) is 4.30. The fraction of sp³-hybridized carbons (Fsp3) is 0. The Kier molecular flexibility index (Phi) is 3.42. The van der Waals surface area contributed by atoms with Crippen molar-refractivity contribution in [3.05, 3.63) is 57.7 Å². The minimum Gasteiger partial charge on any atom is -0.455 e. The van der Waals surface area contributed by atoms with Crippen LogP contribution in [0.25, 0.3) is 0 Å². The van der Waals surface area contributed by atoms with E-state index in [1.54, 1.807) is 12.1 Å². The van der Waals surface area contributed by atoms with Gasteiger partial charge in [-0.2, -0.15) is 5.26 Å². The van der Waals surface area contributed by atoms with Crippen LogP contribution in [-0.2, 0) is 0 Å². The van der Waals surface area contributed by atoms with Crippen molar-refractivity contribution in [3.8, 4) is 17.6 Å². The van der Waals surface area contributed by atoms with Crippen molar-refractivity contribution >= 4 is 22.6 Å². The van der Waals surface area contributed by atoms with Gasteiger partial charge in [0.15, 0.2) is 0 Å². The van der Waals surface area contributed by atoms with Gasteiger partial charge in [0.1, 0.15) is 17.6 Å². The number of rotatable bonds is 2. The third-order valence-corrected chi connectivity index (χ3v) is 2.96. The Morgan fingerprint density at radius 3 is 2.25 bits per heavy atom. The molecule has 0 fully saturated rings. The Bertz CT molecular complexity index is 546. The molecular formula is C13H8INO. The van der Waals surface area contributed by atoms with Gasteiger partial charge in [-0.25, -0.2) is 0 Å². The van der Waals surface area contributed by atoms with Gasteiger partial charge in [-0.05, 0) is 46.9 Å². The zero-order valence-electron chi connectivity index (χ0n) is 8.35. The summed E-state index contributed by atoms with van der Waals surface area (Å²) in [4.78, 5) is 0. The van der Waals surface area contributed by atoms with Crippen molar-refractivity contribution in [2.45, 2.75) is 0 Å². The van der Waals surface area contributed by atoms with Crippen LogP contribution in [0.1, 0.15) is 5.56 Å². The maximum Gasteiger partial charge on any atom is 0.145 e. The van der Waals surface area contributed by atoms with Crippen LogP contribution < -0.4 is 4.74 Å². The molecule has 0 aliphatic carbocycles. The fourth-order valence-corrected chi connectivity index (χ4v) is 1.79. The van der Waals surface area contributed by atoms with Gasteiger partial charge >= 0.3 is 0 Å². The molecule has 0 aliphatic heterocycles. The SMILES string of the molecule is N#Cc1ccccc1Oc1ccccc1I. The Labute approximate surface area is 108 Å². The molecule has 2 nitrogen and oxygen atoms in total. The average molecular weight is 321 g/mol. The number of para-hydroxylation sites is 2. The molecule has 2 aromatic rings. The van der Waals surface area contributed by atoms with E-state index in [0.29, 0.717) is 11.3 Å². The molecule has 0 aromatic heterocycles. The van der Waals surface area contributed by atoms with Crippen LogP contribution in [-0.4, -0.2) is 0 Å². The van der Waals surface area contributed by atoms with Gasteiger partial charge in [-0.15, -0.1) is 0 Å². The molecule has 0 saturated carbocycles. The summed E-state index contributed by atoms with van der Waals surface area (Å²) in [5, 5.41) is 8.93. The van der Waals surface area contributed by atoms with Gasteiger partial charge in [-0.1, -0.05) is 24.3 Å². The van der Waals surface area contributed by atoms with Crippen molar-refractivity contribution < 1.29 is 4.74 Å². The number of benzene rings is 2. The highest BCUT2D eigenvalue weighted by atomic mass is 127. The molecule has 2 rings (SSSR count). The first-order valence-corrected chi connectivity index (χ1v) is 5.80. The lowest BCUT2D eigenvalue weighted by Gasteiger charge is -2.08. The standard InChI is InChI=1S/C13H8INO/c14-11-6-2-4-8-13(11)16-12-7-3-1-5-10(12)9-15/h1-8H. The monoisotopic (exact) mass is 321 g/mol. The van der Waals surface area contributed by atoms with Crippen LogP contribution in [0.5, 0.6) is 11.5 Å².